The van der Waals surface area contributed by atoms with E-state index in [1.165, 1.54) is 49.2 Å². The first-order valence-electron chi connectivity index (χ1n) is 10.7. The molecule has 1 heterocycles. The molecule has 0 atom stereocenters. The molecule has 0 radical (unpaired) electrons. The van der Waals surface area contributed by atoms with Crippen molar-refractivity contribution in [2.45, 2.75) is 43.9 Å². The number of unbranched alkanes of at least 4 members (excludes halogenated alkanes) is 1. The van der Waals surface area contributed by atoms with Crippen LogP contribution in [0.2, 0.25) is 0 Å². The first-order chi connectivity index (χ1) is 13.8. The van der Waals surface area contributed by atoms with Crippen LogP contribution < -0.4 is 9.46 Å². The lowest BCUT2D eigenvalue weighted by Crippen LogP contribution is -2.37. The van der Waals surface area contributed by atoms with Crippen LogP contribution in [0.1, 0.15) is 38.2 Å². The molecule has 2 aromatic rings. The maximum atomic E-state index is 5.72. The average molecular weight is 399 g/mol. The molecule has 0 bridgehead atoms. The Morgan fingerprint density at radius 3 is 2.50 bits per heavy atom. The molecule has 152 valence electrons. The zero-order valence-electron chi connectivity index (χ0n) is 17.1. The zero-order chi connectivity index (χ0) is 19.4. The van der Waals surface area contributed by atoms with Gasteiger partial charge in [0.25, 0.3) is 0 Å². The van der Waals surface area contributed by atoms with Gasteiger partial charge >= 0.3 is 0 Å². The van der Waals surface area contributed by atoms with E-state index in [-0.39, 0.29) is 0 Å². The van der Waals surface area contributed by atoms with Gasteiger partial charge in [-0.05, 0) is 86.5 Å². The molecule has 0 aliphatic carbocycles. The molecular formula is C24H34N2OS. The number of piperidine rings is 1. The Morgan fingerprint density at radius 1 is 1.04 bits per heavy atom. The van der Waals surface area contributed by atoms with Crippen LogP contribution in [0.5, 0.6) is 5.75 Å². The Bertz CT molecular complexity index is 654. The smallest absolute Gasteiger partial charge is 0.119 e. The largest absolute Gasteiger partial charge is 0.494 e. The van der Waals surface area contributed by atoms with Gasteiger partial charge in [0.2, 0.25) is 0 Å². The summed E-state index contributed by atoms with van der Waals surface area (Å²) in [7, 11) is 0. The molecule has 0 saturated carbocycles. The lowest BCUT2D eigenvalue weighted by Gasteiger charge is -2.32. The maximum absolute atomic E-state index is 5.72. The fourth-order valence-corrected chi connectivity index (χ4v) is 4.27. The van der Waals surface area contributed by atoms with E-state index in [2.05, 4.69) is 71.1 Å². The number of hydrogen-bond acceptors (Lipinski definition) is 4. The minimum atomic E-state index is 0.809. The summed E-state index contributed by atoms with van der Waals surface area (Å²) in [6.07, 6.45) is 6.16. The fraction of sp³-hybridized carbons (Fsp3) is 0.500. The minimum Gasteiger partial charge on any atom is -0.494 e. The van der Waals surface area contributed by atoms with Crippen LogP contribution in [0.15, 0.2) is 59.5 Å². The van der Waals surface area contributed by atoms with Crippen molar-refractivity contribution < 1.29 is 4.74 Å². The number of rotatable bonds is 11. The number of likely N-dealkylation sites (tertiary alicyclic amines) is 1. The second kappa shape index (κ2) is 12.2. The van der Waals surface area contributed by atoms with Crippen LogP contribution in [-0.4, -0.2) is 37.7 Å². The molecule has 1 saturated heterocycles. The van der Waals surface area contributed by atoms with Crippen LogP contribution >= 0.6 is 11.9 Å². The molecule has 0 unspecified atom stereocenters. The number of nitrogens with zero attached hydrogens (tertiary/aromatic N) is 1. The van der Waals surface area contributed by atoms with Gasteiger partial charge < -0.3 is 9.64 Å². The summed E-state index contributed by atoms with van der Waals surface area (Å²) in [5.74, 6) is 1.82. The van der Waals surface area contributed by atoms with E-state index in [1.54, 1.807) is 11.9 Å². The maximum Gasteiger partial charge on any atom is 0.119 e. The molecule has 3 rings (SSSR count). The Balaban J connectivity index is 1.27. The molecule has 1 fully saturated rings. The van der Waals surface area contributed by atoms with Crippen LogP contribution in [0.4, 0.5) is 0 Å². The van der Waals surface area contributed by atoms with Gasteiger partial charge in [0.05, 0.1) is 6.61 Å². The Hall–Kier alpha value is -1.49. The summed E-state index contributed by atoms with van der Waals surface area (Å²) in [6.45, 7) is 7.60. The summed E-state index contributed by atoms with van der Waals surface area (Å²) < 4.78 is 9.22. The highest BCUT2D eigenvalue weighted by Crippen LogP contribution is 2.22. The summed E-state index contributed by atoms with van der Waals surface area (Å²) in [4.78, 5) is 3.84. The van der Waals surface area contributed by atoms with Crippen molar-refractivity contribution in [2.75, 3.05) is 32.8 Å². The SMILES string of the molecule is CCCCOc1ccc(SNCCN2CCC(Cc3ccccc3)CC2)cc1. The highest BCUT2D eigenvalue weighted by Gasteiger charge is 2.18. The first-order valence-corrected chi connectivity index (χ1v) is 11.5. The number of ether oxygens (including phenoxy) is 1. The summed E-state index contributed by atoms with van der Waals surface area (Å²) in [5, 5.41) is 0. The second-order valence-electron chi connectivity index (χ2n) is 7.64. The van der Waals surface area contributed by atoms with Crippen molar-refractivity contribution in [3.63, 3.8) is 0 Å². The van der Waals surface area contributed by atoms with Crippen molar-refractivity contribution >= 4 is 11.9 Å². The van der Waals surface area contributed by atoms with Gasteiger partial charge in [-0.1, -0.05) is 43.7 Å². The van der Waals surface area contributed by atoms with Gasteiger partial charge in [-0.2, -0.15) is 0 Å². The summed E-state index contributed by atoms with van der Waals surface area (Å²) >= 11 is 1.72. The van der Waals surface area contributed by atoms with E-state index in [4.69, 9.17) is 4.74 Å². The molecule has 28 heavy (non-hydrogen) atoms. The molecular weight excluding hydrogens is 364 g/mol. The lowest BCUT2D eigenvalue weighted by atomic mass is 9.90. The lowest BCUT2D eigenvalue weighted by molar-refractivity contribution is 0.187. The van der Waals surface area contributed by atoms with E-state index in [9.17, 15) is 0 Å². The molecule has 0 amide bonds. The van der Waals surface area contributed by atoms with Crippen LogP contribution in [0.3, 0.4) is 0 Å². The third kappa shape index (κ3) is 7.50. The molecule has 1 N–H and O–H groups in total. The van der Waals surface area contributed by atoms with Gasteiger partial charge in [0, 0.05) is 18.0 Å². The quantitative estimate of drug-likeness (QED) is 0.404. The molecule has 3 nitrogen and oxygen atoms in total. The minimum absolute atomic E-state index is 0.809. The van der Waals surface area contributed by atoms with E-state index in [0.717, 1.165) is 37.8 Å². The number of benzene rings is 2. The monoisotopic (exact) mass is 398 g/mol. The predicted octanol–water partition coefficient (Wildman–Crippen LogP) is 5.42. The summed E-state index contributed by atoms with van der Waals surface area (Å²) in [6, 6.07) is 19.3. The highest BCUT2D eigenvalue weighted by molar-refractivity contribution is 7.97. The van der Waals surface area contributed by atoms with Crippen LogP contribution in [-0.2, 0) is 6.42 Å². The standard InChI is InChI=1S/C24H34N2OS/c1-2-3-19-27-23-9-11-24(12-10-23)28-25-15-18-26-16-13-22(14-17-26)20-21-7-5-4-6-8-21/h4-12,22,25H,2-3,13-20H2,1H3. The average Bonchev–Trinajstić information content (AvgIpc) is 2.74. The van der Waals surface area contributed by atoms with E-state index < -0.39 is 0 Å². The summed E-state index contributed by atoms with van der Waals surface area (Å²) in [5.41, 5.74) is 1.49. The van der Waals surface area contributed by atoms with Gasteiger partial charge in [-0.3, -0.25) is 4.72 Å². The third-order valence-electron chi connectivity index (χ3n) is 5.38. The normalized spacial score (nSPS) is 15.6. The van der Waals surface area contributed by atoms with E-state index >= 15 is 0 Å². The van der Waals surface area contributed by atoms with Crippen molar-refractivity contribution in [3.8, 4) is 5.75 Å². The van der Waals surface area contributed by atoms with Gasteiger partial charge in [0.15, 0.2) is 0 Å². The van der Waals surface area contributed by atoms with Crippen molar-refractivity contribution in [3.05, 3.63) is 60.2 Å². The van der Waals surface area contributed by atoms with Gasteiger partial charge in [0.1, 0.15) is 5.75 Å². The number of nitrogens with one attached hydrogen (secondary N) is 1. The van der Waals surface area contributed by atoms with Crippen molar-refractivity contribution in [1.82, 2.24) is 9.62 Å². The number of hydrogen-bond donors (Lipinski definition) is 1. The Kier molecular flexibility index (Phi) is 9.21. The molecule has 1 aliphatic rings. The van der Waals surface area contributed by atoms with Crippen molar-refractivity contribution in [1.29, 1.82) is 0 Å². The van der Waals surface area contributed by atoms with Crippen molar-refractivity contribution in [2.24, 2.45) is 5.92 Å². The van der Waals surface area contributed by atoms with E-state index in [0.29, 0.717) is 0 Å². The fourth-order valence-electron chi connectivity index (χ4n) is 3.64. The molecule has 0 spiro atoms. The van der Waals surface area contributed by atoms with Gasteiger partial charge in [-0.15, -0.1) is 0 Å². The van der Waals surface area contributed by atoms with E-state index in [1.807, 2.05) is 0 Å². The molecule has 4 heteroatoms. The second-order valence-corrected chi connectivity index (χ2v) is 8.61. The highest BCUT2D eigenvalue weighted by atomic mass is 32.2. The zero-order valence-corrected chi connectivity index (χ0v) is 17.9. The molecule has 2 aromatic carbocycles. The van der Waals surface area contributed by atoms with Gasteiger partial charge in [-0.25, -0.2) is 0 Å². The predicted molar refractivity (Wildman–Crippen MR) is 120 cm³/mol. The first kappa shape index (κ1) is 21.2. The van der Waals surface area contributed by atoms with Crippen LogP contribution in [0, 0.1) is 5.92 Å². The molecule has 0 aromatic heterocycles. The third-order valence-corrected chi connectivity index (χ3v) is 6.24. The molecule has 1 aliphatic heterocycles. The topological polar surface area (TPSA) is 24.5 Å². The van der Waals surface area contributed by atoms with Crippen LogP contribution in [0.25, 0.3) is 0 Å². The Labute approximate surface area is 175 Å². The Morgan fingerprint density at radius 2 is 1.79 bits per heavy atom.